The Morgan fingerprint density at radius 2 is 1.69 bits per heavy atom. The molecule has 2 aromatic carbocycles. The number of amides is 5. The van der Waals surface area contributed by atoms with E-state index in [-0.39, 0.29) is 74.1 Å². The number of ether oxygens (including phenoxy) is 1. The van der Waals surface area contributed by atoms with Crippen LogP contribution < -0.4 is 15.5 Å². The van der Waals surface area contributed by atoms with Crippen molar-refractivity contribution in [3.63, 3.8) is 0 Å². The average Bonchev–Trinajstić information content (AvgIpc) is 3.87. The van der Waals surface area contributed by atoms with E-state index in [1.807, 2.05) is 24.3 Å². The van der Waals surface area contributed by atoms with Gasteiger partial charge in [0.05, 0.1) is 26.2 Å². The van der Waals surface area contributed by atoms with Crippen molar-refractivity contribution in [3.05, 3.63) is 102 Å². The molecule has 2 aliphatic heterocycles. The fourth-order valence-corrected chi connectivity index (χ4v) is 5.99. The quantitative estimate of drug-likeness (QED) is 0.209. The second-order valence-electron chi connectivity index (χ2n) is 12.2. The summed E-state index contributed by atoms with van der Waals surface area (Å²) in [5.41, 5.74) is 3.04. The Morgan fingerprint density at radius 3 is 2.39 bits per heavy atom. The first-order chi connectivity index (χ1) is 23.8. The molecule has 0 bridgehead atoms. The van der Waals surface area contributed by atoms with Gasteiger partial charge in [-0.05, 0) is 60.4 Å². The largest absolute Gasteiger partial charge is 0.379 e. The van der Waals surface area contributed by atoms with Gasteiger partial charge in [-0.2, -0.15) is 0 Å². The third-order valence-corrected chi connectivity index (χ3v) is 8.95. The molecule has 2 unspecified atom stereocenters. The SMILES string of the molecule is O=C(NCc1ccc(NC(=O)C2CC2c2cccnc2)cc1F)c1ccc(N2CCN(C(=O)CCOCCN3C(=O)C=CC3=O)CC2)cc1. The highest BCUT2D eigenvalue weighted by molar-refractivity contribution is 6.12. The third kappa shape index (κ3) is 8.36. The molecule has 5 amide bonds. The minimum Gasteiger partial charge on any atom is -0.379 e. The van der Waals surface area contributed by atoms with Crippen molar-refractivity contribution in [2.45, 2.75) is 25.3 Å². The summed E-state index contributed by atoms with van der Waals surface area (Å²) in [5.74, 6) is -1.80. The van der Waals surface area contributed by atoms with Gasteiger partial charge in [0.25, 0.3) is 17.7 Å². The van der Waals surface area contributed by atoms with Gasteiger partial charge in [-0.3, -0.25) is 33.9 Å². The molecule has 13 heteroatoms. The van der Waals surface area contributed by atoms with Crippen LogP contribution in [0.5, 0.6) is 0 Å². The molecule has 254 valence electrons. The maximum absolute atomic E-state index is 14.8. The number of anilines is 2. The molecule has 0 radical (unpaired) electrons. The monoisotopic (exact) mass is 668 g/mol. The van der Waals surface area contributed by atoms with Crippen molar-refractivity contribution >= 4 is 40.9 Å². The van der Waals surface area contributed by atoms with E-state index in [1.54, 1.807) is 41.6 Å². The van der Waals surface area contributed by atoms with Crippen molar-refractivity contribution in [2.75, 3.05) is 56.2 Å². The van der Waals surface area contributed by atoms with Gasteiger partial charge >= 0.3 is 0 Å². The number of nitrogens with zero attached hydrogens (tertiary/aromatic N) is 4. The zero-order chi connectivity index (χ0) is 34.3. The number of hydrogen-bond donors (Lipinski definition) is 2. The molecule has 12 nitrogen and oxygen atoms in total. The summed E-state index contributed by atoms with van der Waals surface area (Å²) in [7, 11) is 0. The highest BCUT2D eigenvalue weighted by atomic mass is 19.1. The number of hydrogen-bond acceptors (Lipinski definition) is 8. The van der Waals surface area contributed by atoms with Crippen molar-refractivity contribution in [3.8, 4) is 0 Å². The van der Waals surface area contributed by atoms with E-state index in [2.05, 4.69) is 20.5 Å². The van der Waals surface area contributed by atoms with Gasteiger partial charge in [0.15, 0.2) is 0 Å². The van der Waals surface area contributed by atoms with Gasteiger partial charge in [0, 0.05) is 85.7 Å². The van der Waals surface area contributed by atoms with Gasteiger partial charge in [-0.1, -0.05) is 12.1 Å². The Bertz CT molecular complexity index is 1720. The Balaban J connectivity index is 0.891. The number of carbonyl (C=O) groups excluding carboxylic acids is 5. The summed E-state index contributed by atoms with van der Waals surface area (Å²) in [5, 5.41) is 5.54. The summed E-state index contributed by atoms with van der Waals surface area (Å²) < 4.78 is 20.3. The number of nitrogens with one attached hydrogen (secondary N) is 2. The number of imide groups is 1. The topological polar surface area (TPSA) is 141 Å². The zero-order valence-electron chi connectivity index (χ0n) is 26.8. The summed E-state index contributed by atoms with van der Waals surface area (Å²) in [6.45, 7) is 2.88. The number of carbonyl (C=O) groups is 5. The van der Waals surface area contributed by atoms with Crippen LogP contribution in [0.2, 0.25) is 0 Å². The van der Waals surface area contributed by atoms with E-state index in [9.17, 15) is 28.4 Å². The van der Waals surface area contributed by atoms with Crippen LogP contribution in [0.3, 0.4) is 0 Å². The molecule has 3 aliphatic rings. The predicted octanol–water partition coefficient (Wildman–Crippen LogP) is 2.87. The number of aromatic nitrogens is 1. The molecule has 1 aromatic heterocycles. The Labute approximate surface area is 282 Å². The Morgan fingerprint density at radius 1 is 0.939 bits per heavy atom. The summed E-state index contributed by atoms with van der Waals surface area (Å²) in [4.78, 5) is 70.3. The number of pyridine rings is 1. The van der Waals surface area contributed by atoms with Crippen molar-refractivity contribution in [2.24, 2.45) is 5.92 Å². The lowest BCUT2D eigenvalue weighted by Crippen LogP contribution is -2.49. The van der Waals surface area contributed by atoms with E-state index in [0.717, 1.165) is 22.6 Å². The van der Waals surface area contributed by atoms with Crippen molar-refractivity contribution in [1.82, 2.24) is 20.1 Å². The minimum absolute atomic E-state index is 0.0113. The standard InChI is InChI=1S/C36H37FN6O6/c37-31-20-27(40-36(48)30-21-29(30)25-2-1-12-38-22-25)6-3-26(31)23-39-35(47)24-4-7-28(8-5-24)41-13-15-42(16-14-41)32(44)11-18-49-19-17-43-33(45)9-10-34(43)46/h1-10,12,20,22,29-30H,11,13-19,21,23H2,(H,39,47)(H,40,48). The molecular formula is C36H37FN6O6. The summed E-state index contributed by atoms with van der Waals surface area (Å²) >= 11 is 0. The Kier molecular flexibility index (Phi) is 10.4. The van der Waals surface area contributed by atoms with Crippen LogP contribution in [-0.2, 0) is 30.5 Å². The predicted molar refractivity (Wildman–Crippen MR) is 178 cm³/mol. The van der Waals surface area contributed by atoms with Crippen LogP contribution in [0.4, 0.5) is 15.8 Å². The molecule has 1 aliphatic carbocycles. The molecule has 0 spiro atoms. The second kappa shape index (κ2) is 15.2. The van der Waals surface area contributed by atoms with Gasteiger partial charge in [-0.15, -0.1) is 0 Å². The zero-order valence-corrected chi connectivity index (χ0v) is 26.8. The first kappa shape index (κ1) is 33.5. The molecule has 2 fully saturated rings. The van der Waals surface area contributed by atoms with Crippen LogP contribution in [-0.4, -0.2) is 90.3 Å². The maximum atomic E-state index is 14.8. The minimum atomic E-state index is -0.524. The third-order valence-electron chi connectivity index (χ3n) is 8.95. The van der Waals surface area contributed by atoms with E-state index in [4.69, 9.17) is 4.74 Å². The molecule has 2 N–H and O–H groups in total. The van der Waals surface area contributed by atoms with E-state index < -0.39 is 5.82 Å². The van der Waals surface area contributed by atoms with Crippen LogP contribution in [0.1, 0.15) is 40.2 Å². The summed E-state index contributed by atoms with van der Waals surface area (Å²) in [6.07, 6.45) is 6.85. The molecule has 6 rings (SSSR count). The first-order valence-electron chi connectivity index (χ1n) is 16.3. The van der Waals surface area contributed by atoms with Crippen LogP contribution >= 0.6 is 0 Å². The molecular weight excluding hydrogens is 631 g/mol. The number of halogens is 1. The van der Waals surface area contributed by atoms with Crippen molar-refractivity contribution in [1.29, 1.82) is 0 Å². The average molecular weight is 669 g/mol. The smallest absolute Gasteiger partial charge is 0.253 e. The molecule has 3 aromatic rings. The highest BCUT2D eigenvalue weighted by Crippen LogP contribution is 2.47. The Hall–Kier alpha value is -5.43. The number of piperazine rings is 1. The molecule has 1 saturated heterocycles. The second-order valence-corrected chi connectivity index (χ2v) is 12.2. The maximum Gasteiger partial charge on any atom is 0.253 e. The number of benzene rings is 2. The highest BCUT2D eigenvalue weighted by Gasteiger charge is 2.44. The fraction of sp³-hybridized carbons (Fsp3) is 0.333. The van der Waals surface area contributed by atoms with E-state index >= 15 is 0 Å². The van der Waals surface area contributed by atoms with Crippen LogP contribution in [0, 0.1) is 11.7 Å². The lowest BCUT2D eigenvalue weighted by molar-refractivity contribution is -0.138. The van der Waals surface area contributed by atoms with Gasteiger partial charge < -0.3 is 25.2 Å². The van der Waals surface area contributed by atoms with Gasteiger partial charge in [0.2, 0.25) is 11.8 Å². The number of rotatable bonds is 13. The normalized spacial score (nSPS) is 18.5. The van der Waals surface area contributed by atoms with Gasteiger partial charge in [0.1, 0.15) is 5.82 Å². The fourth-order valence-electron chi connectivity index (χ4n) is 5.99. The van der Waals surface area contributed by atoms with Crippen LogP contribution in [0.25, 0.3) is 0 Å². The lowest BCUT2D eigenvalue weighted by atomic mass is 10.1. The van der Waals surface area contributed by atoms with Gasteiger partial charge in [-0.25, -0.2) is 4.39 Å². The van der Waals surface area contributed by atoms with Crippen LogP contribution in [0.15, 0.2) is 79.1 Å². The van der Waals surface area contributed by atoms with Crippen molar-refractivity contribution < 1.29 is 33.1 Å². The lowest BCUT2D eigenvalue weighted by Gasteiger charge is -2.36. The molecule has 3 heterocycles. The van der Waals surface area contributed by atoms with E-state index in [1.165, 1.54) is 18.2 Å². The molecule has 1 saturated carbocycles. The first-order valence-corrected chi connectivity index (χ1v) is 16.3. The van der Waals surface area contributed by atoms with E-state index in [0.29, 0.717) is 43.0 Å². The summed E-state index contributed by atoms with van der Waals surface area (Å²) in [6, 6.07) is 15.4. The molecule has 2 atom stereocenters. The molecule has 49 heavy (non-hydrogen) atoms.